The van der Waals surface area contributed by atoms with Gasteiger partial charge in [-0.15, -0.1) is 12.0 Å². The third kappa shape index (κ3) is 10.6. The molecule has 0 N–H and O–H groups in total. The Hall–Kier alpha value is -1.96. The topological polar surface area (TPSA) is 0 Å². The number of allylic oxidation sites excluding steroid dienone is 4. The Kier molecular flexibility index (Phi) is 15.7. The quantitative estimate of drug-likeness (QED) is 0.197. The van der Waals surface area contributed by atoms with Gasteiger partial charge in [0.15, 0.2) is 0 Å². The molecule has 0 atom stereocenters. The Labute approximate surface area is 288 Å². The molecule has 0 aromatic heterocycles. The van der Waals surface area contributed by atoms with Crippen LogP contribution >= 0.6 is 0 Å². The average molecular weight is 688 g/mol. The molecular formula is C38H41Cl2SiZr. The van der Waals surface area contributed by atoms with Crippen LogP contribution in [0, 0.1) is 12.1 Å². The largest absolute Gasteiger partial charge is 4.00 e. The fourth-order valence-electron chi connectivity index (χ4n) is 4.89. The van der Waals surface area contributed by atoms with Crippen molar-refractivity contribution in [2.75, 3.05) is 0 Å². The van der Waals surface area contributed by atoms with Crippen LogP contribution in [0.1, 0.15) is 70.2 Å². The second kappa shape index (κ2) is 17.4. The zero-order valence-electron chi connectivity index (χ0n) is 25.6. The SMILES string of the molecule is CC(C)(C)c1c[c-]c2c(c1)-c1cccc(C(C)(C)C)c1C2.[C-]1=CC=CC1.[Cl-].[Cl-].[Zr+4].c1ccc([SiH]c2ccccc2)cc1. The summed E-state index contributed by atoms with van der Waals surface area (Å²) in [6, 6.07) is 36.2. The fourth-order valence-corrected chi connectivity index (χ4v) is 6.10. The number of hydrogen-bond donors (Lipinski definition) is 0. The summed E-state index contributed by atoms with van der Waals surface area (Å²) in [5, 5.41) is 2.90. The van der Waals surface area contributed by atoms with Gasteiger partial charge in [0.1, 0.15) is 9.52 Å². The summed E-state index contributed by atoms with van der Waals surface area (Å²) in [4.78, 5) is 0. The molecule has 0 spiro atoms. The molecule has 0 bridgehead atoms. The summed E-state index contributed by atoms with van der Waals surface area (Å²) in [7, 11) is 0.271. The molecular weight excluding hydrogens is 647 g/mol. The Morgan fingerprint density at radius 3 is 1.74 bits per heavy atom. The Morgan fingerprint density at radius 2 is 1.29 bits per heavy atom. The van der Waals surface area contributed by atoms with Gasteiger partial charge in [0.05, 0.1) is 0 Å². The van der Waals surface area contributed by atoms with Crippen molar-refractivity contribution in [3.8, 4) is 11.1 Å². The molecule has 42 heavy (non-hydrogen) atoms. The Bertz CT molecular complexity index is 1380. The number of hydrogen-bond acceptors (Lipinski definition) is 0. The second-order valence-corrected chi connectivity index (χ2v) is 13.9. The van der Waals surface area contributed by atoms with E-state index in [1.54, 1.807) is 0 Å². The van der Waals surface area contributed by atoms with E-state index in [9.17, 15) is 0 Å². The van der Waals surface area contributed by atoms with Crippen LogP contribution in [0.3, 0.4) is 0 Å². The summed E-state index contributed by atoms with van der Waals surface area (Å²) >= 11 is 0. The van der Waals surface area contributed by atoms with Gasteiger partial charge in [0, 0.05) is 0 Å². The van der Waals surface area contributed by atoms with Crippen LogP contribution in [0.5, 0.6) is 0 Å². The van der Waals surface area contributed by atoms with E-state index >= 15 is 0 Å². The van der Waals surface area contributed by atoms with Crippen molar-refractivity contribution in [2.24, 2.45) is 0 Å². The Morgan fingerprint density at radius 1 is 0.690 bits per heavy atom. The fraction of sp³-hybridized carbons (Fsp3) is 0.263. The minimum atomic E-state index is 0. The first-order valence-corrected chi connectivity index (χ1v) is 15.1. The van der Waals surface area contributed by atoms with Crippen LogP contribution in [0.2, 0.25) is 0 Å². The summed E-state index contributed by atoms with van der Waals surface area (Å²) < 4.78 is 0. The van der Waals surface area contributed by atoms with E-state index in [0.717, 1.165) is 12.8 Å². The number of benzene rings is 4. The van der Waals surface area contributed by atoms with Crippen molar-refractivity contribution in [3.63, 3.8) is 0 Å². The monoisotopic (exact) mass is 685 g/mol. The zero-order chi connectivity index (χ0) is 27.9. The maximum Gasteiger partial charge on any atom is 4.00 e. The van der Waals surface area contributed by atoms with Gasteiger partial charge < -0.3 is 24.8 Å². The van der Waals surface area contributed by atoms with Gasteiger partial charge >= 0.3 is 26.2 Å². The summed E-state index contributed by atoms with van der Waals surface area (Å²) in [5.41, 5.74) is 8.88. The maximum absolute atomic E-state index is 3.55. The molecule has 0 aliphatic heterocycles. The van der Waals surface area contributed by atoms with Crippen molar-refractivity contribution < 1.29 is 51.0 Å². The molecule has 6 rings (SSSR count). The normalized spacial score (nSPS) is 12.1. The van der Waals surface area contributed by atoms with Gasteiger partial charge in [-0.25, -0.2) is 12.2 Å². The third-order valence-electron chi connectivity index (χ3n) is 7.04. The number of halogens is 2. The molecule has 0 nitrogen and oxygen atoms in total. The number of rotatable bonds is 2. The summed E-state index contributed by atoms with van der Waals surface area (Å²) in [6.45, 7) is 13.7. The van der Waals surface area contributed by atoms with E-state index in [1.807, 2.05) is 12.2 Å². The summed E-state index contributed by atoms with van der Waals surface area (Å²) in [6.07, 6.45) is 11.0. The van der Waals surface area contributed by atoms with Crippen LogP contribution < -0.4 is 35.2 Å². The van der Waals surface area contributed by atoms with Gasteiger partial charge in [0.25, 0.3) is 0 Å². The maximum atomic E-state index is 3.55. The molecule has 0 heterocycles. The van der Waals surface area contributed by atoms with Crippen LogP contribution in [0.25, 0.3) is 11.1 Å². The molecule has 4 aromatic carbocycles. The van der Waals surface area contributed by atoms with E-state index in [-0.39, 0.29) is 71.4 Å². The first-order chi connectivity index (χ1) is 18.6. The van der Waals surface area contributed by atoms with Crippen molar-refractivity contribution >= 4 is 19.9 Å². The molecule has 1 radical (unpaired) electrons. The average Bonchev–Trinajstić information content (AvgIpc) is 3.61. The smallest absolute Gasteiger partial charge is 1.00 e. The molecule has 4 aromatic rings. The van der Waals surface area contributed by atoms with E-state index in [1.165, 1.54) is 43.8 Å². The van der Waals surface area contributed by atoms with Crippen LogP contribution in [-0.4, -0.2) is 9.52 Å². The van der Waals surface area contributed by atoms with Crippen molar-refractivity contribution in [1.82, 2.24) is 0 Å². The summed E-state index contributed by atoms with van der Waals surface area (Å²) in [5.74, 6) is 0. The van der Waals surface area contributed by atoms with Crippen molar-refractivity contribution in [3.05, 3.63) is 144 Å². The molecule has 0 unspecified atom stereocenters. The van der Waals surface area contributed by atoms with Gasteiger partial charge in [-0.3, -0.25) is 6.08 Å². The third-order valence-corrected chi connectivity index (χ3v) is 8.48. The molecule has 2 aliphatic rings. The van der Waals surface area contributed by atoms with Crippen molar-refractivity contribution in [1.29, 1.82) is 0 Å². The van der Waals surface area contributed by atoms with Gasteiger partial charge in [0.2, 0.25) is 0 Å². The molecule has 215 valence electrons. The molecule has 0 saturated heterocycles. The standard InChI is InChI=1S/C21H25.C12H11Si.C5H5.2ClH.Zr/c1-20(2,3)15-11-10-14-12-18-16(17(14)13-15)8-7-9-19(18)21(4,5)6;1-3-7-11(8-4-1)13-12-9-5-2-6-10-12;1-2-4-5-3-1;;;/h7-9,11,13H,12H2,1-6H3;1-10,13H;1-3H,4H2;2*1H;/q-1;;-1;;;+4/p-2. The number of fused-ring (bicyclic) bond motifs is 3. The van der Waals surface area contributed by atoms with Gasteiger partial charge in [-0.05, 0) is 23.0 Å². The Balaban J connectivity index is 0.000000360. The van der Waals surface area contributed by atoms with E-state index in [2.05, 4.69) is 151 Å². The van der Waals surface area contributed by atoms with E-state index in [0.29, 0.717) is 0 Å². The second-order valence-electron chi connectivity index (χ2n) is 12.3. The van der Waals surface area contributed by atoms with Crippen molar-refractivity contribution in [2.45, 2.75) is 65.2 Å². The minimum Gasteiger partial charge on any atom is -1.00 e. The van der Waals surface area contributed by atoms with Gasteiger partial charge in [-0.1, -0.05) is 142 Å². The predicted octanol–water partition coefficient (Wildman–Crippen LogP) is 2.04. The molecule has 2 aliphatic carbocycles. The first kappa shape index (κ1) is 38.1. The van der Waals surface area contributed by atoms with E-state index in [4.69, 9.17) is 0 Å². The molecule has 0 saturated carbocycles. The van der Waals surface area contributed by atoms with E-state index < -0.39 is 0 Å². The zero-order valence-corrected chi connectivity index (χ0v) is 30.8. The molecule has 0 fully saturated rings. The molecule has 0 amide bonds. The van der Waals surface area contributed by atoms with Gasteiger partial charge in [-0.2, -0.15) is 35.4 Å². The van der Waals surface area contributed by atoms with Crippen LogP contribution in [-0.2, 0) is 43.5 Å². The van der Waals surface area contributed by atoms with Crippen LogP contribution in [0.4, 0.5) is 0 Å². The predicted molar refractivity (Wildman–Crippen MR) is 172 cm³/mol. The molecule has 4 heteroatoms. The minimum absolute atomic E-state index is 0. The first-order valence-electron chi connectivity index (χ1n) is 14.0. The van der Waals surface area contributed by atoms with Crippen LogP contribution in [0.15, 0.2) is 109 Å².